The van der Waals surface area contributed by atoms with Gasteiger partial charge >= 0.3 is 0 Å². The third-order valence-corrected chi connectivity index (χ3v) is 4.39. The molecule has 0 spiro atoms. The Morgan fingerprint density at radius 3 is 2.35 bits per heavy atom. The highest BCUT2D eigenvalue weighted by Gasteiger charge is 2.08. The first-order valence-corrected chi connectivity index (χ1v) is 8.77. The maximum Gasteiger partial charge on any atom is 0.255 e. The lowest BCUT2D eigenvalue weighted by molar-refractivity contribution is 0.609. The Balaban J connectivity index is 2.18. The summed E-state index contributed by atoms with van der Waals surface area (Å²) in [6, 6.07) is 16.6. The van der Waals surface area contributed by atoms with Crippen molar-refractivity contribution in [1.29, 1.82) is 0 Å². The average Bonchev–Trinajstić information content (AvgIpc) is 2.47. The van der Waals surface area contributed by atoms with Gasteiger partial charge in [0.05, 0.1) is 11.1 Å². The predicted molar refractivity (Wildman–Crippen MR) is 86.2 cm³/mol. The molecule has 3 nitrogen and oxygen atoms in total. The van der Waals surface area contributed by atoms with Crippen LogP contribution in [0.1, 0.15) is 5.56 Å². The van der Waals surface area contributed by atoms with E-state index in [0.29, 0.717) is 5.69 Å². The van der Waals surface area contributed by atoms with Crippen LogP contribution in [0.2, 0.25) is 0 Å². The molecule has 0 aliphatic heterocycles. The summed E-state index contributed by atoms with van der Waals surface area (Å²) in [5.41, 5.74) is 1.44. The van der Waals surface area contributed by atoms with E-state index in [-0.39, 0.29) is 0 Å². The Bertz CT molecular complexity index is 695. The lowest BCUT2D eigenvalue weighted by Gasteiger charge is -2.08. The molecular formula is C15H15NO2S2. The molecule has 0 unspecified atom stereocenters. The monoisotopic (exact) mass is 305 g/mol. The number of rotatable bonds is 5. The molecule has 0 aliphatic rings. The topological polar surface area (TPSA) is 46.2 Å². The second-order valence-corrected chi connectivity index (χ2v) is 6.48. The van der Waals surface area contributed by atoms with Crippen molar-refractivity contribution in [3.8, 4) is 0 Å². The molecule has 2 aromatic carbocycles. The number of hydrogen-bond donors (Lipinski definition) is 1. The van der Waals surface area contributed by atoms with Gasteiger partial charge in [-0.05, 0) is 30.0 Å². The number of hydrogen-bond acceptors (Lipinski definition) is 3. The minimum atomic E-state index is -3.51. The second-order valence-electron chi connectivity index (χ2n) is 4.06. The van der Waals surface area contributed by atoms with Crippen LogP contribution in [0.5, 0.6) is 0 Å². The van der Waals surface area contributed by atoms with Crippen molar-refractivity contribution in [3.05, 3.63) is 65.6 Å². The van der Waals surface area contributed by atoms with Crippen LogP contribution in [0.4, 0.5) is 5.69 Å². The van der Waals surface area contributed by atoms with E-state index in [1.165, 1.54) is 17.2 Å². The van der Waals surface area contributed by atoms with Gasteiger partial charge in [-0.2, -0.15) is 0 Å². The molecule has 0 aromatic heterocycles. The van der Waals surface area contributed by atoms with Crippen molar-refractivity contribution < 1.29 is 8.42 Å². The maximum absolute atomic E-state index is 12.0. The molecule has 0 heterocycles. The number of thioether (sulfide) groups is 1. The van der Waals surface area contributed by atoms with Crippen LogP contribution < -0.4 is 4.72 Å². The summed E-state index contributed by atoms with van der Waals surface area (Å²) < 4.78 is 26.6. The van der Waals surface area contributed by atoms with Crippen LogP contribution in [0.25, 0.3) is 6.08 Å². The molecule has 5 heteroatoms. The maximum atomic E-state index is 12.0. The fraction of sp³-hybridized carbons (Fsp3) is 0.0667. The van der Waals surface area contributed by atoms with Gasteiger partial charge in [-0.25, -0.2) is 8.42 Å². The van der Waals surface area contributed by atoms with Gasteiger partial charge in [0.25, 0.3) is 10.0 Å². The molecule has 0 radical (unpaired) electrons. The van der Waals surface area contributed by atoms with E-state index in [1.54, 1.807) is 18.2 Å². The number of sulfonamides is 1. The van der Waals surface area contributed by atoms with Gasteiger partial charge in [0.15, 0.2) is 0 Å². The molecule has 2 aromatic rings. The van der Waals surface area contributed by atoms with Crippen molar-refractivity contribution >= 4 is 33.5 Å². The Morgan fingerprint density at radius 2 is 1.65 bits per heavy atom. The van der Waals surface area contributed by atoms with Crippen LogP contribution in [-0.4, -0.2) is 14.7 Å². The van der Waals surface area contributed by atoms with E-state index in [0.717, 1.165) is 10.5 Å². The third-order valence-electron chi connectivity index (χ3n) is 2.60. The van der Waals surface area contributed by atoms with Gasteiger partial charge in [-0.3, -0.25) is 4.72 Å². The molecule has 0 fully saturated rings. The van der Waals surface area contributed by atoms with E-state index >= 15 is 0 Å². The largest absolute Gasteiger partial charge is 0.279 e. The lowest BCUT2D eigenvalue weighted by atomic mass is 10.2. The van der Waals surface area contributed by atoms with Crippen LogP contribution in [0, 0.1) is 0 Å². The smallest absolute Gasteiger partial charge is 0.255 e. The molecule has 0 saturated heterocycles. The number of para-hydroxylation sites is 1. The Labute approximate surface area is 123 Å². The van der Waals surface area contributed by atoms with E-state index in [1.807, 2.05) is 48.7 Å². The molecule has 2 rings (SSSR count). The van der Waals surface area contributed by atoms with E-state index in [9.17, 15) is 8.42 Å². The average molecular weight is 305 g/mol. The van der Waals surface area contributed by atoms with Crippen LogP contribution in [0.15, 0.2) is 64.9 Å². The van der Waals surface area contributed by atoms with Crippen LogP contribution in [-0.2, 0) is 10.0 Å². The van der Waals surface area contributed by atoms with E-state index in [4.69, 9.17) is 0 Å². The van der Waals surface area contributed by atoms with Gasteiger partial charge in [0, 0.05) is 4.90 Å². The summed E-state index contributed by atoms with van der Waals surface area (Å²) in [5.74, 6) is 0. The highest BCUT2D eigenvalue weighted by Crippen LogP contribution is 2.25. The van der Waals surface area contributed by atoms with Crippen molar-refractivity contribution in [1.82, 2.24) is 0 Å². The predicted octanol–water partition coefficient (Wildman–Crippen LogP) is 3.82. The number of nitrogens with one attached hydrogen (secondary N) is 1. The zero-order valence-electron chi connectivity index (χ0n) is 11.0. The summed E-state index contributed by atoms with van der Waals surface area (Å²) in [6.45, 7) is 0. The van der Waals surface area contributed by atoms with E-state index in [2.05, 4.69) is 4.72 Å². The van der Waals surface area contributed by atoms with Gasteiger partial charge in [-0.15, -0.1) is 11.8 Å². The van der Waals surface area contributed by atoms with Gasteiger partial charge in [0.2, 0.25) is 0 Å². The normalized spacial score (nSPS) is 11.7. The van der Waals surface area contributed by atoms with Crippen LogP contribution >= 0.6 is 11.8 Å². The highest BCUT2D eigenvalue weighted by molar-refractivity contribution is 7.99. The Kier molecular flexibility index (Phi) is 4.87. The Morgan fingerprint density at radius 1 is 1.00 bits per heavy atom. The SMILES string of the molecule is CSc1ccccc1NS(=O)(=O)/C=C/c1ccccc1. The standard InChI is InChI=1S/C15H15NO2S2/c1-19-15-10-6-5-9-14(15)16-20(17,18)12-11-13-7-3-2-4-8-13/h2-12,16H,1H3/b12-11+. The zero-order valence-corrected chi connectivity index (χ0v) is 12.6. The number of anilines is 1. The fourth-order valence-corrected chi connectivity index (χ4v) is 3.16. The van der Waals surface area contributed by atoms with E-state index < -0.39 is 10.0 Å². The lowest BCUT2D eigenvalue weighted by Crippen LogP contribution is -2.09. The zero-order chi connectivity index (χ0) is 14.4. The summed E-state index contributed by atoms with van der Waals surface area (Å²) in [4.78, 5) is 0.893. The molecule has 1 N–H and O–H groups in total. The molecule has 0 aliphatic carbocycles. The molecule has 0 bridgehead atoms. The molecule has 20 heavy (non-hydrogen) atoms. The van der Waals surface area contributed by atoms with Gasteiger partial charge in [0.1, 0.15) is 0 Å². The molecular weight excluding hydrogens is 290 g/mol. The summed E-state index contributed by atoms with van der Waals surface area (Å²) >= 11 is 1.50. The summed E-state index contributed by atoms with van der Waals surface area (Å²) in [6.07, 6.45) is 3.48. The molecule has 104 valence electrons. The molecule has 0 amide bonds. The quantitative estimate of drug-likeness (QED) is 0.854. The number of benzene rings is 2. The van der Waals surface area contributed by atoms with Crippen molar-refractivity contribution in [2.45, 2.75) is 4.90 Å². The van der Waals surface area contributed by atoms with Crippen molar-refractivity contribution in [2.75, 3.05) is 11.0 Å². The Hall–Kier alpha value is -1.72. The van der Waals surface area contributed by atoms with Gasteiger partial charge < -0.3 is 0 Å². The summed E-state index contributed by atoms with van der Waals surface area (Å²) in [5, 5.41) is 1.18. The van der Waals surface area contributed by atoms with Crippen LogP contribution in [0.3, 0.4) is 0 Å². The molecule has 0 saturated carbocycles. The first kappa shape index (κ1) is 14.7. The minimum Gasteiger partial charge on any atom is -0.279 e. The first-order valence-electron chi connectivity index (χ1n) is 6.00. The van der Waals surface area contributed by atoms with Crippen molar-refractivity contribution in [3.63, 3.8) is 0 Å². The third kappa shape index (κ3) is 4.15. The minimum absolute atomic E-state index is 0.595. The van der Waals surface area contributed by atoms with Gasteiger partial charge in [-0.1, -0.05) is 42.5 Å². The second kappa shape index (κ2) is 6.63. The van der Waals surface area contributed by atoms with Crippen molar-refractivity contribution in [2.24, 2.45) is 0 Å². The summed E-state index contributed by atoms with van der Waals surface area (Å²) in [7, 11) is -3.51. The molecule has 0 atom stereocenters. The first-order chi connectivity index (χ1) is 9.61. The fourth-order valence-electron chi connectivity index (χ4n) is 1.65. The highest BCUT2D eigenvalue weighted by atomic mass is 32.2.